The van der Waals surface area contributed by atoms with E-state index in [2.05, 4.69) is 47.4 Å². The Labute approximate surface area is 188 Å². The Morgan fingerprint density at radius 2 is 1.52 bits per heavy atom. The van der Waals surface area contributed by atoms with Crippen LogP contribution < -0.4 is 21.6 Å². The molecule has 0 spiro atoms. The van der Waals surface area contributed by atoms with E-state index in [1.54, 1.807) is 24.3 Å². The average Bonchev–Trinajstić information content (AvgIpc) is 3.12. The van der Waals surface area contributed by atoms with Crippen molar-refractivity contribution < 1.29 is 13.0 Å². The van der Waals surface area contributed by atoms with Crippen molar-refractivity contribution in [2.75, 3.05) is 28.2 Å². The van der Waals surface area contributed by atoms with Crippen molar-refractivity contribution in [3.63, 3.8) is 0 Å². The van der Waals surface area contributed by atoms with E-state index in [-0.39, 0.29) is 30.1 Å². The zero-order chi connectivity index (χ0) is 23.4. The third kappa shape index (κ3) is 5.93. The average molecular weight is 468 g/mol. The Morgan fingerprint density at radius 1 is 0.909 bits per heavy atom. The van der Waals surface area contributed by atoms with Gasteiger partial charge >= 0.3 is 5.69 Å². The zero-order valence-corrected chi connectivity index (χ0v) is 18.0. The molecule has 0 fully saturated rings. The van der Waals surface area contributed by atoms with Crippen molar-refractivity contribution in [2.45, 2.75) is 0 Å². The second-order valence-corrected chi connectivity index (χ2v) is 8.51. The van der Waals surface area contributed by atoms with Crippen molar-refractivity contribution in [3.05, 3.63) is 65.1 Å². The fourth-order valence-corrected chi connectivity index (χ4v) is 3.29. The number of rotatable bonds is 9. The molecule has 4 rings (SSSR count). The molecule has 0 saturated carbocycles. The van der Waals surface area contributed by atoms with Gasteiger partial charge in [-0.15, -0.1) is 0 Å². The minimum atomic E-state index is -4.14. The molecule has 0 atom stereocenters. The molecule has 170 valence electrons. The van der Waals surface area contributed by atoms with Gasteiger partial charge in [-0.1, -0.05) is 24.8 Å². The van der Waals surface area contributed by atoms with Crippen molar-refractivity contribution in [1.82, 2.24) is 24.9 Å². The lowest BCUT2D eigenvalue weighted by Gasteiger charge is -2.11. The first-order chi connectivity index (χ1) is 15.8. The van der Waals surface area contributed by atoms with Crippen molar-refractivity contribution >= 4 is 56.4 Å². The van der Waals surface area contributed by atoms with Gasteiger partial charge in [-0.3, -0.25) is 4.55 Å². The summed E-state index contributed by atoms with van der Waals surface area (Å²) in [5, 5.41) is 8.86. The van der Waals surface area contributed by atoms with Crippen LogP contribution in [0.15, 0.2) is 53.8 Å². The van der Waals surface area contributed by atoms with Crippen molar-refractivity contribution in [1.29, 1.82) is 0 Å². The summed E-state index contributed by atoms with van der Waals surface area (Å²) >= 11 is 0. The number of fused-ring (bicyclic) bond motifs is 1. The van der Waals surface area contributed by atoms with Gasteiger partial charge in [0.1, 0.15) is 0 Å². The Hall–Kier alpha value is -4.23. The fraction of sp³-hybridized carbons (Fsp3) is 0.100. The molecule has 0 amide bonds. The van der Waals surface area contributed by atoms with Crippen molar-refractivity contribution in [3.8, 4) is 0 Å². The smallest absolute Gasteiger partial charge is 0.323 e. The predicted octanol–water partition coefficient (Wildman–Crippen LogP) is 2.47. The molecule has 4 aromatic rings. The van der Waals surface area contributed by atoms with Gasteiger partial charge in [0.05, 0.1) is 16.8 Å². The highest BCUT2D eigenvalue weighted by Crippen LogP contribution is 2.21. The highest BCUT2D eigenvalue weighted by Gasteiger charge is 2.10. The number of H-pyrrole nitrogens is 2. The quantitative estimate of drug-likeness (QED) is 0.200. The minimum absolute atomic E-state index is 0.0949. The molecule has 0 saturated heterocycles. The Kier molecular flexibility index (Phi) is 6.06. The second kappa shape index (κ2) is 9.10. The Balaban J connectivity index is 1.61. The number of nitrogens with one attached hydrogen (secondary N) is 5. The van der Waals surface area contributed by atoms with Crippen LogP contribution in [-0.2, 0) is 10.1 Å². The first-order valence-corrected chi connectivity index (χ1v) is 11.3. The number of anilines is 5. The molecule has 0 bridgehead atoms. The molecule has 0 radical (unpaired) electrons. The Morgan fingerprint density at radius 3 is 2.18 bits per heavy atom. The van der Waals surface area contributed by atoms with Gasteiger partial charge < -0.3 is 25.9 Å². The minimum Gasteiger partial charge on any atom is -0.353 e. The van der Waals surface area contributed by atoms with E-state index in [4.69, 9.17) is 4.55 Å². The van der Waals surface area contributed by atoms with Crippen LogP contribution in [0.3, 0.4) is 0 Å². The number of aromatic nitrogens is 5. The standard InChI is InChI=1S/C20H20N8O4S/c1-2-12-3-5-13(6-4-12)22-18-26-17(21-9-10-33(30,31)32)27-19(28-18)23-14-7-8-15-16(11-14)25-20(29)24-15/h2-8,11H,1,9-10H2,(H2,24,25,29)(H,30,31,32)(H3,21,22,23,26,27,28). The van der Waals surface area contributed by atoms with Gasteiger partial charge in [0.25, 0.3) is 10.1 Å². The monoisotopic (exact) mass is 468 g/mol. The lowest BCUT2D eigenvalue weighted by Crippen LogP contribution is -2.17. The van der Waals surface area contributed by atoms with Gasteiger partial charge in [0, 0.05) is 17.9 Å². The zero-order valence-electron chi connectivity index (χ0n) is 17.2. The van der Waals surface area contributed by atoms with Crippen LogP contribution >= 0.6 is 0 Å². The maximum atomic E-state index is 11.5. The highest BCUT2D eigenvalue weighted by atomic mass is 32.2. The number of aromatic amines is 2. The molecule has 2 heterocycles. The molecule has 2 aromatic carbocycles. The molecule has 13 heteroatoms. The molecule has 0 aliphatic heterocycles. The van der Waals surface area contributed by atoms with Gasteiger partial charge in [0.15, 0.2) is 0 Å². The van der Waals surface area contributed by atoms with E-state index in [1.165, 1.54) is 0 Å². The first-order valence-electron chi connectivity index (χ1n) is 9.71. The fourth-order valence-electron chi connectivity index (χ4n) is 2.93. The molecular weight excluding hydrogens is 448 g/mol. The number of nitrogens with zero attached hydrogens (tertiary/aromatic N) is 3. The second-order valence-electron chi connectivity index (χ2n) is 6.93. The summed E-state index contributed by atoms with van der Waals surface area (Å²) in [6.45, 7) is 3.62. The molecule has 33 heavy (non-hydrogen) atoms. The van der Waals surface area contributed by atoms with Crippen LogP contribution in [-0.4, -0.2) is 50.2 Å². The van der Waals surface area contributed by atoms with Crippen LogP contribution in [0.5, 0.6) is 0 Å². The molecule has 2 aromatic heterocycles. The van der Waals surface area contributed by atoms with E-state index >= 15 is 0 Å². The van der Waals surface area contributed by atoms with E-state index < -0.39 is 15.9 Å². The van der Waals surface area contributed by atoms with Crippen LogP contribution in [0, 0.1) is 0 Å². The number of benzene rings is 2. The number of imidazole rings is 1. The number of hydrogen-bond acceptors (Lipinski definition) is 9. The summed E-state index contributed by atoms with van der Waals surface area (Å²) in [6, 6.07) is 12.6. The van der Waals surface area contributed by atoms with Crippen LogP contribution in [0.1, 0.15) is 5.56 Å². The molecule has 6 N–H and O–H groups in total. The summed E-state index contributed by atoms with van der Waals surface area (Å²) in [5.74, 6) is -0.0475. The SMILES string of the molecule is C=Cc1ccc(Nc2nc(NCCS(=O)(=O)O)nc(Nc3ccc4[nH]c(=O)[nH]c4c3)n2)cc1. The van der Waals surface area contributed by atoms with Crippen LogP contribution in [0.2, 0.25) is 0 Å². The highest BCUT2D eigenvalue weighted by molar-refractivity contribution is 7.85. The van der Waals surface area contributed by atoms with Crippen LogP contribution in [0.4, 0.5) is 29.2 Å². The largest absolute Gasteiger partial charge is 0.353 e. The summed E-state index contributed by atoms with van der Waals surface area (Å²) in [7, 11) is -4.14. The lowest BCUT2D eigenvalue weighted by molar-refractivity contribution is 0.484. The summed E-state index contributed by atoms with van der Waals surface area (Å²) in [6.07, 6.45) is 1.72. The predicted molar refractivity (Wildman–Crippen MR) is 127 cm³/mol. The van der Waals surface area contributed by atoms with Crippen LogP contribution in [0.25, 0.3) is 17.1 Å². The van der Waals surface area contributed by atoms with Gasteiger partial charge in [-0.2, -0.15) is 23.4 Å². The molecule has 0 aliphatic carbocycles. The molecule has 12 nitrogen and oxygen atoms in total. The van der Waals surface area contributed by atoms with E-state index in [9.17, 15) is 13.2 Å². The van der Waals surface area contributed by atoms with Gasteiger partial charge in [-0.05, 0) is 35.9 Å². The normalized spacial score (nSPS) is 11.3. The van der Waals surface area contributed by atoms with E-state index in [0.717, 1.165) is 5.56 Å². The first kappa shape index (κ1) is 22.0. The third-order valence-corrected chi connectivity index (χ3v) is 5.17. The lowest BCUT2D eigenvalue weighted by atomic mass is 10.2. The molecule has 0 unspecified atom stereocenters. The van der Waals surface area contributed by atoms with E-state index in [0.29, 0.717) is 22.4 Å². The number of hydrogen-bond donors (Lipinski definition) is 6. The topological polar surface area (TPSA) is 178 Å². The molecular formula is C20H20N8O4S. The third-order valence-electron chi connectivity index (χ3n) is 4.45. The van der Waals surface area contributed by atoms with Gasteiger partial charge in [0.2, 0.25) is 17.8 Å². The maximum Gasteiger partial charge on any atom is 0.323 e. The summed E-state index contributed by atoms with van der Waals surface area (Å²) in [5.41, 5.74) is 3.21. The van der Waals surface area contributed by atoms with Gasteiger partial charge in [-0.25, -0.2) is 4.79 Å². The Bertz CT molecular complexity index is 1460. The van der Waals surface area contributed by atoms with Crippen molar-refractivity contribution in [2.24, 2.45) is 0 Å². The maximum absolute atomic E-state index is 11.5. The summed E-state index contributed by atoms with van der Waals surface area (Å²) in [4.78, 5) is 29.7. The molecule has 0 aliphatic rings. The van der Waals surface area contributed by atoms with E-state index in [1.807, 2.05) is 24.3 Å². The summed E-state index contributed by atoms with van der Waals surface area (Å²) < 4.78 is 30.9.